The van der Waals surface area contributed by atoms with Gasteiger partial charge in [0.25, 0.3) is 0 Å². The van der Waals surface area contributed by atoms with Gasteiger partial charge in [0.1, 0.15) is 11.4 Å². The highest BCUT2D eigenvalue weighted by atomic mass is 32.2. The van der Waals surface area contributed by atoms with Crippen LogP contribution in [-0.4, -0.2) is 31.1 Å². The van der Waals surface area contributed by atoms with E-state index in [1.807, 2.05) is 22.9 Å². The lowest BCUT2D eigenvalue weighted by atomic mass is 10.1. The Balaban J connectivity index is 1.38. The minimum Gasteiger partial charge on any atom is -0.506 e. The van der Waals surface area contributed by atoms with Crippen LogP contribution in [0.25, 0.3) is 0 Å². The zero-order valence-corrected chi connectivity index (χ0v) is 17.9. The predicted molar refractivity (Wildman–Crippen MR) is 119 cm³/mol. The second-order valence-corrected chi connectivity index (χ2v) is 8.93. The Morgan fingerprint density at radius 3 is 2.42 bits per heavy atom. The Bertz CT molecular complexity index is 1040. The van der Waals surface area contributed by atoms with Gasteiger partial charge < -0.3 is 15.5 Å². The highest BCUT2D eigenvalue weighted by molar-refractivity contribution is 7.91. The largest absolute Gasteiger partial charge is 0.506 e. The van der Waals surface area contributed by atoms with E-state index < -0.39 is 16.1 Å². The maximum Gasteiger partial charge on any atom is 0.330 e. The van der Waals surface area contributed by atoms with Crippen LogP contribution in [0.1, 0.15) is 36.8 Å². The van der Waals surface area contributed by atoms with Crippen LogP contribution in [0.3, 0.4) is 0 Å². The lowest BCUT2D eigenvalue weighted by Crippen LogP contribution is -2.29. The van der Waals surface area contributed by atoms with Gasteiger partial charge in [0.2, 0.25) is 11.8 Å². The number of unbranched alkanes of at least 4 members (excludes halogenated alkanes) is 2. The van der Waals surface area contributed by atoms with Crippen molar-refractivity contribution in [1.82, 2.24) is 10.0 Å². The molecule has 4 N–H and O–H groups in total. The number of anilines is 1. The number of amides is 1. The van der Waals surface area contributed by atoms with Crippen LogP contribution in [-0.2, 0) is 27.8 Å². The molecule has 1 heterocycles. The van der Waals surface area contributed by atoms with Gasteiger partial charge >= 0.3 is 10.2 Å². The topological polar surface area (TPSA) is 119 Å². The first-order chi connectivity index (χ1) is 14.8. The minimum atomic E-state index is -3.97. The first-order valence-corrected chi connectivity index (χ1v) is 11.6. The quantitative estimate of drug-likeness (QED) is 0.419. The Labute approximate surface area is 182 Å². The van der Waals surface area contributed by atoms with Crippen LogP contribution in [0, 0.1) is 0 Å². The summed E-state index contributed by atoms with van der Waals surface area (Å²) in [6.45, 7) is 0.632. The number of nitrogens with zero attached hydrogens (tertiary/aromatic N) is 1. The van der Waals surface area contributed by atoms with E-state index in [1.54, 1.807) is 6.07 Å². The molecule has 2 aromatic rings. The normalized spacial score (nSPS) is 14.7. The van der Waals surface area contributed by atoms with E-state index in [2.05, 4.69) is 17.4 Å². The average Bonchev–Trinajstić information content (AvgIpc) is 3.01. The van der Waals surface area contributed by atoms with Crippen molar-refractivity contribution in [2.45, 2.75) is 38.5 Å². The minimum absolute atomic E-state index is 0.0141. The van der Waals surface area contributed by atoms with Crippen LogP contribution in [0.4, 0.5) is 5.69 Å². The first-order valence-electron chi connectivity index (χ1n) is 10.2. The molecule has 31 heavy (non-hydrogen) atoms. The van der Waals surface area contributed by atoms with Crippen molar-refractivity contribution < 1.29 is 23.4 Å². The highest BCUT2D eigenvalue weighted by Crippen LogP contribution is 2.32. The van der Waals surface area contributed by atoms with Crippen LogP contribution in [0.5, 0.6) is 5.75 Å². The number of aliphatic hydroxyl groups is 1. The van der Waals surface area contributed by atoms with Crippen LogP contribution >= 0.6 is 0 Å². The molecule has 1 aliphatic heterocycles. The van der Waals surface area contributed by atoms with Crippen molar-refractivity contribution in [3.63, 3.8) is 0 Å². The monoisotopic (exact) mass is 445 g/mol. The van der Waals surface area contributed by atoms with Gasteiger partial charge in [-0.05, 0) is 48.9 Å². The summed E-state index contributed by atoms with van der Waals surface area (Å²) in [4.78, 5) is 12.0. The molecule has 1 amide bonds. The maximum atomic E-state index is 12.0. The SMILES string of the molecule is O=C(CCc1ccc(N2C=C(O)NS2(=O)=O)c(O)c1)NCCCCCc1ccccc1. The number of phenols is 1. The van der Waals surface area contributed by atoms with Crippen molar-refractivity contribution in [2.24, 2.45) is 0 Å². The Morgan fingerprint density at radius 1 is 0.968 bits per heavy atom. The fourth-order valence-corrected chi connectivity index (χ4v) is 4.41. The molecule has 166 valence electrons. The summed E-state index contributed by atoms with van der Waals surface area (Å²) in [7, 11) is -3.97. The Hall–Kier alpha value is -3.20. The van der Waals surface area contributed by atoms with Crippen molar-refractivity contribution >= 4 is 21.8 Å². The second kappa shape index (κ2) is 10.2. The fourth-order valence-electron chi connectivity index (χ4n) is 3.35. The molecular weight excluding hydrogens is 418 g/mol. The summed E-state index contributed by atoms with van der Waals surface area (Å²) in [6.07, 6.45) is 5.75. The average molecular weight is 446 g/mol. The zero-order chi connectivity index (χ0) is 22.3. The molecule has 3 rings (SSSR count). The number of carbonyl (C=O) groups is 1. The molecular formula is C22H27N3O5S. The van der Waals surface area contributed by atoms with Gasteiger partial charge in [-0.25, -0.2) is 9.03 Å². The zero-order valence-electron chi connectivity index (χ0n) is 17.1. The van der Waals surface area contributed by atoms with Gasteiger partial charge in [0, 0.05) is 13.0 Å². The molecule has 0 fully saturated rings. The van der Waals surface area contributed by atoms with E-state index in [9.17, 15) is 23.4 Å². The number of aliphatic hydroxyl groups excluding tert-OH is 1. The molecule has 0 unspecified atom stereocenters. The van der Waals surface area contributed by atoms with E-state index in [4.69, 9.17) is 0 Å². The third kappa shape index (κ3) is 6.39. The maximum absolute atomic E-state index is 12.0. The molecule has 0 atom stereocenters. The summed E-state index contributed by atoms with van der Waals surface area (Å²) in [6, 6.07) is 14.8. The molecule has 0 bridgehead atoms. The molecule has 0 saturated heterocycles. The van der Waals surface area contributed by atoms with Gasteiger partial charge in [0.05, 0.1) is 6.20 Å². The van der Waals surface area contributed by atoms with E-state index in [1.165, 1.54) is 17.7 Å². The number of hydrogen-bond donors (Lipinski definition) is 4. The van der Waals surface area contributed by atoms with Gasteiger partial charge in [-0.15, -0.1) is 0 Å². The number of aromatic hydroxyl groups is 1. The van der Waals surface area contributed by atoms with Gasteiger partial charge in [0.15, 0.2) is 0 Å². The van der Waals surface area contributed by atoms with Crippen LogP contribution < -0.4 is 14.3 Å². The van der Waals surface area contributed by atoms with E-state index in [0.717, 1.165) is 36.2 Å². The number of nitrogens with one attached hydrogen (secondary N) is 2. The molecule has 9 heteroatoms. The summed E-state index contributed by atoms with van der Waals surface area (Å²) in [5, 5.41) is 22.5. The summed E-state index contributed by atoms with van der Waals surface area (Å²) in [5.41, 5.74) is 2.05. The number of benzene rings is 2. The summed E-state index contributed by atoms with van der Waals surface area (Å²) < 4.78 is 26.5. The predicted octanol–water partition coefficient (Wildman–Crippen LogP) is 2.87. The summed E-state index contributed by atoms with van der Waals surface area (Å²) in [5.74, 6) is -0.848. The van der Waals surface area contributed by atoms with E-state index in [-0.39, 0.29) is 23.8 Å². The highest BCUT2D eigenvalue weighted by Gasteiger charge is 2.30. The number of rotatable bonds is 10. The number of aryl methyl sites for hydroxylation is 2. The Morgan fingerprint density at radius 2 is 1.74 bits per heavy atom. The molecule has 0 aliphatic carbocycles. The van der Waals surface area contributed by atoms with Gasteiger partial charge in [-0.2, -0.15) is 8.42 Å². The molecule has 0 radical (unpaired) electrons. The second-order valence-electron chi connectivity index (χ2n) is 7.39. The Kier molecular flexibility index (Phi) is 7.41. The first kappa shape index (κ1) is 22.5. The van der Waals surface area contributed by atoms with E-state index >= 15 is 0 Å². The third-order valence-corrected chi connectivity index (χ3v) is 6.24. The molecule has 0 spiro atoms. The lowest BCUT2D eigenvalue weighted by Gasteiger charge is -2.16. The van der Waals surface area contributed by atoms with Crippen molar-refractivity contribution in [2.75, 3.05) is 10.8 Å². The summed E-state index contributed by atoms with van der Waals surface area (Å²) >= 11 is 0. The van der Waals surface area contributed by atoms with Gasteiger partial charge in [-0.1, -0.05) is 42.8 Å². The van der Waals surface area contributed by atoms with E-state index in [0.29, 0.717) is 18.5 Å². The van der Waals surface area contributed by atoms with Crippen LogP contribution in [0.2, 0.25) is 0 Å². The molecule has 0 saturated carbocycles. The molecule has 1 aliphatic rings. The van der Waals surface area contributed by atoms with Crippen LogP contribution in [0.15, 0.2) is 60.6 Å². The molecule has 2 aromatic carbocycles. The smallest absolute Gasteiger partial charge is 0.330 e. The number of hydrogen-bond acceptors (Lipinski definition) is 5. The van der Waals surface area contributed by atoms with Gasteiger partial charge in [-0.3, -0.25) is 4.79 Å². The van der Waals surface area contributed by atoms with Crippen molar-refractivity contribution in [3.05, 3.63) is 71.7 Å². The number of carbonyl (C=O) groups excluding carboxylic acids is 1. The number of phenolic OH excluding ortho intramolecular Hbond substituents is 1. The molecule has 8 nitrogen and oxygen atoms in total. The standard InChI is InChI=1S/C22H27N3O5S/c26-20-15-18(10-12-19(20)25-16-22(28)24-31(25,29)30)11-13-21(27)23-14-6-2-5-9-17-7-3-1-4-8-17/h1,3-4,7-8,10,12,15-16,24,26,28H,2,5-6,9,11,13-14H2,(H,23,27). The van der Waals surface area contributed by atoms with Crippen molar-refractivity contribution in [1.29, 1.82) is 0 Å². The third-order valence-electron chi connectivity index (χ3n) is 4.96. The molecule has 0 aromatic heterocycles. The fraction of sp³-hybridized carbons (Fsp3) is 0.318. The lowest BCUT2D eigenvalue weighted by molar-refractivity contribution is -0.121. The van der Waals surface area contributed by atoms with Crippen molar-refractivity contribution in [3.8, 4) is 5.75 Å².